The standard InChI is InChI=1S/C62H120O6/c1-5-8-10-12-14-16-18-20-25-30-34-38-42-46-50-54-61(64)67-57-59(56-66-60(63)53-49-45-41-37-33-28-19-17-15-13-11-9-6-2)68-62(65)55-51-47-43-39-35-31-27-24-22-21-23-26-29-32-36-40-44-48-52-58(4)7-3/h58-59H,5-57H2,1-4H3/t58?,59-/m0/s1. The first kappa shape index (κ1) is 66.4. The van der Waals surface area contributed by atoms with Crippen LogP contribution in [0.4, 0.5) is 0 Å². The lowest BCUT2D eigenvalue weighted by atomic mass is 9.99. The molecule has 0 saturated carbocycles. The fraction of sp³-hybridized carbons (Fsp3) is 0.952. The van der Waals surface area contributed by atoms with Crippen LogP contribution >= 0.6 is 0 Å². The van der Waals surface area contributed by atoms with Crippen LogP contribution in [0.5, 0.6) is 0 Å². The summed E-state index contributed by atoms with van der Waals surface area (Å²) >= 11 is 0. The van der Waals surface area contributed by atoms with Crippen molar-refractivity contribution < 1.29 is 28.6 Å². The highest BCUT2D eigenvalue weighted by Crippen LogP contribution is 2.19. The van der Waals surface area contributed by atoms with Gasteiger partial charge in [0.15, 0.2) is 6.10 Å². The molecule has 0 aliphatic carbocycles. The molecule has 0 spiro atoms. The van der Waals surface area contributed by atoms with E-state index >= 15 is 0 Å². The predicted octanol–water partition coefficient (Wildman–Crippen LogP) is 20.6. The zero-order chi connectivity index (χ0) is 49.5. The van der Waals surface area contributed by atoms with Crippen molar-refractivity contribution in [1.82, 2.24) is 0 Å². The largest absolute Gasteiger partial charge is 0.462 e. The van der Waals surface area contributed by atoms with Gasteiger partial charge in [0.05, 0.1) is 0 Å². The van der Waals surface area contributed by atoms with Crippen molar-refractivity contribution >= 4 is 17.9 Å². The maximum Gasteiger partial charge on any atom is 0.306 e. The van der Waals surface area contributed by atoms with E-state index in [-0.39, 0.29) is 31.1 Å². The van der Waals surface area contributed by atoms with Crippen LogP contribution in [0.1, 0.15) is 355 Å². The average Bonchev–Trinajstić information content (AvgIpc) is 3.34. The molecule has 6 heteroatoms. The molecule has 1 unspecified atom stereocenters. The van der Waals surface area contributed by atoms with E-state index in [2.05, 4.69) is 27.7 Å². The first-order chi connectivity index (χ1) is 33.4. The molecule has 0 aromatic heterocycles. The van der Waals surface area contributed by atoms with Crippen LogP contribution in [0.15, 0.2) is 0 Å². The Bertz CT molecular complexity index is 1030. The Hall–Kier alpha value is -1.59. The Kier molecular flexibility index (Phi) is 55.0. The molecule has 0 saturated heterocycles. The summed E-state index contributed by atoms with van der Waals surface area (Å²) < 4.78 is 16.9. The van der Waals surface area contributed by atoms with Gasteiger partial charge in [-0.25, -0.2) is 0 Å². The maximum absolute atomic E-state index is 12.9. The number of ether oxygens (including phenoxy) is 3. The van der Waals surface area contributed by atoms with Gasteiger partial charge in [-0.15, -0.1) is 0 Å². The van der Waals surface area contributed by atoms with Crippen molar-refractivity contribution in [2.24, 2.45) is 5.92 Å². The number of unbranched alkanes of at least 4 members (excludes halogenated alkanes) is 43. The van der Waals surface area contributed by atoms with Crippen molar-refractivity contribution in [1.29, 1.82) is 0 Å². The number of carbonyl (C=O) groups is 3. The molecular formula is C62H120O6. The molecule has 0 aliphatic heterocycles. The van der Waals surface area contributed by atoms with Crippen LogP contribution in [-0.2, 0) is 28.6 Å². The fourth-order valence-electron chi connectivity index (χ4n) is 9.60. The molecule has 0 rings (SSSR count). The minimum absolute atomic E-state index is 0.0613. The van der Waals surface area contributed by atoms with E-state index in [0.29, 0.717) is 19.3 Å². The summed E-state index contributed by atoms with van der Waals surface area (Å²) in [6, 6.07) is 0. The second-order valence-corrected chi connectivity index (χ2v) is 21.6. The number of hydrogen-bond acceptors (Lipinski definition) is 6. The third-order valence-electron chi connectivity index (χ3n) is 14.7. The van der Waals surface area contributed by atoms with Gasteiger partial charge in [0.25, 0.3) is 0 Å². The van der Waals surface area contributed by atoms with Crippen molar-refractivity contribution in [2.45, 2.75) is 361 Å². The van der Waals surface area contributed by atoms with E-state index in [1.807, 2.05) is 0 Å². The number of carbonyl (C=O) groups excluding carboxylic acids is 3. The molecule has 0 radical (unpaired) electrons. The van der Waals surface area contributed by atoms with Crippen molar-refractivity contribution in [3.8, 4) is 0 Å². The molecule has 0 aromatic carbocycles. The van der Waals surface area contributed by atoms with E-state index in [4.69, 9.17) is 14.2 Å². The van der Waals surface area contributed by atoms with E-state index < -0.39 is 6.10 Å². The summed E-state index contributed by atoms with van der Waals surface area (Å²) in [6.07, 6.45) is 62.3. The van der Waals surface area contributed by atoms with Crippen molar-refractivity contribution in [2.75, 3.05) is 13.2 Å². The molecule has 0 aromatic rings. The molecule has 404 valence electrons. The zero-order valence-electron chi connectivity index (χ0n) is 46.6. The van der Waals surface area contributed by atoms with Gasteiger partial charge in [-0.05, 0) is 25.2 Å². The normalized spacial score (nSPS) is 12.4. The van der Waals surface area contributed by atoms with Crippen LogP contribution in [0, 0.1) is 5.92 Å². The summed E-state index contributed by atoms with van der Waals surface area (Å²) in [5, 5.41) is 0. The van der Waals surface area contributed by atoms with Crippen LogP contribution in [0.3, 0.4) is 0 Å². The number of esters is 3. The van der Waals surface area contributed by atoms with Gasteiger partial charge >= 0.3 is 17.9 Å². The Labute approximate surface area is 425 Å². The molecule has 6 nitrogen and oxygen atoms in total. The quantitative estimate of drug-likeness (QED) is 0.0343. The number of hydrogen-bond donors (Lipinski definition) is 0. The van der Waals surface area contributed by atoms with Crippen molar-refractivity contribution in [3.63, 3.8) is 0 Å². The average molecular weight is 962 g/mol. The van der Waals surface area contributed by atoms with E-state index in [9.17, 15) is 14.4 Å². The summed E-state index contributed by atoms with van der Waals surface area (Å²) in [4.78, 5) is 38.2. The minimum Gasteiger partial charge on any atom is -0.462 e. The summed E-state index contributed by atoms with van der Waals surface area (Å²) in [5.41, 5.74) is 0. The van der Waals surface area contributed by atoms with Gasteiger partial charge in [-0.3, -0.25) is 14.4 Å². The lowest BCUT2D eigenvalue weighted by molar-refractivity contribution is -0.167. The molecular weight excluding hydrogens is 841 g/mol. The van der Waals surface area contributed by atoms with Gasteiger partial charge in [0.1, 0.15) is 13.2 Å². The summed E-state index contributed by atoms with van der Waals surface area (Å²) in [5.74, 6) is 0.0788. The Morgan fingerprint density at radius 2 is 0.515 bits per heavy atom. The topological polar surface area (TPSA) is 78.9 Å². The summed E-state index contributed by atoms with van der Waals surface area (Å²) in [6.45, 7) is 9.12. The first-order valence-electron chi connectivity index (χ1n) is 30.9. The molecule has 0 bridgehead atoms. The number of rotatable bonds is 57. The smallest absolute Gasteiger partial charge is 0.306 e. The minimum atomic E-state index is -0.762. The second-order valence-electron chi connectivity index (χ2n) is 21.6. The SMILES string of the molecule is CCCCCCCCCCCCCCCCCC(=O)OC[C@H](COC(=O)CCCCCCCCCCCCCCC)OC(=O)CCCCCCCCCCCCCCCCCCCCC(C)CC. The van der Waals surface area contributed by atoms with E-state index in [1.54, 1.807) is 0 Å². The lowest BCUT2D eigenvalue weighted by Crippen LogP contribution is -2.30. The molecule has 0 N–H and O–H groups in total. The monoisotopic (exact) mass is 961 g/mol. The highest BCUT2D eigenvalue weighted by molar-refractivity contribution is 5.71. The van der Waals surface area contributed by atoms with Crippen LogP contribution < -0.4 is 0 Å². The molecule has 0 heterocycles. The molecule has 0 amide bonds. The predicted molar refractivity (Wildman–Crippen MR) is 293 cm³/mol. The van der Waals surface area contributed by atoms with E-state index in [1.165, 1.54) is 250 Å². The zero-order valence-corrected chi connectivity index (χ0v) is 46.6. The molecule has 0 fully saturated rings. The van der Waals surface area contributed by atoms with Crippen molar-refractivity contribution in [3.05, 3.63) is 0 Å². The Balaban J connectivity index is 4.25. The third kappa shape index (κ3) is 53.8. The van der Waals surface area contributed by atoms with Crippen LogP contribution in [-0.4, -0.2) is 37.2 Å². The van der Waals surface area contributed by atoms with Crippen LogP contribution in [0.2, 0.25) is 0 Å². The summed E-state index contributed by atoms with van der Waals surface area (Å²) in [7, 11) is 0. The van der Waals surface area contributed by atoms with Gasteiger partial charge in [0, 0.05) is 19.3 Å². The van der Waals surface area contributed by atoms with Gasteiger partial charge in [-0.2, -0.15) is 0 Å². The Morgan fingerprint density at radius 1 is 0.294 bits per heavy atom. The highest BCUT2D eigenvalue weighted by Gasteiger charge is 2.19. The molecule has 68 heavy (non-hydrogen) atoms. The fourth-order valence-corrected chi connectivity index (χ4v) is 9.60. The third-order valence-corrected chi connectivity index (χ3v) is 14.7. The van der Waals surface area contributed by atoms with Crippen LogP contribution in [0.25, 0.3) is 0 Å². The van der Waals surface area contributed by atoms with Gasteiger partial charge in [0.2, 0.25) is 0 Å². The molecule has 2 atom stereocenters. The lowest BCUT2D eigenvalue weighted by Gasteiger charge is -2.18. The maximum atomic E-state index is 12.9. The first-order valence-corrected chi connectivity index (χ1v) is 30.9. The van der Waals surface area contributed by atoms with Gasteiger partial charge < -0.3 is 14.2 Å². The second kappa shape index (κ2) is 56.3. The van der Waals surface area contributed by atoms with Gasteiger partial charge in [-0.1, -0.05) is 317 Å². The Morgan fingerprint density at radius 3 is 0.765 bits per heavy atom. The molecule has 0 aliphatic rings. The highest BCUT2D eigenvalue weighted by atomic mass is 16.6. The van der Waals surface area contributed by atoms with E-state index in [0.717, 1.165) is 63.7 Å².